The van der Waals surface area contributed by atoms with Crippen molar-refractivity contribution < 1.29 is 9.59 Å². The lowest BCUT2D eigenvalue weighted by Crippen LogP contribution is -2.47. The van der Waals surface area contributed by atoms with Crippen molar-refractivity contribution >= 4 is 24.4 Å². The SMILES string of the molecule is CC(=O)NC(CS)C(=O)NCCn1cccn1. The van der Waals surface area contributed by atoms with Crippen molar-refractivity contribution in [1.82, 2.24) is 20.4 Å². The summed E-state index contributed by atoms with van der Waals surface area (Å²) in [6.45, 7) is 2.43. The zero-order valence-corrected chi connectivity index (χ0v) is 10.5. The predicted octanol–water partition coefficient (Wildman–Crippen LogP) is -0.566. The van der Waals surface area contributed by atoms with Gasteiger partial charge in [0.2, 0.25) is 11.8 Å². The van der Waals surface area contributed by atoms with E-state index in [1.807, 2.05) is 12.3 Å². The molecule has 1 rings (SSSR count). The van der Waals surface area contributed by atoms with E-state index in [2.05, 4.69) is 28.4 Å². The number of carbonyl (C=O) groups excluding carboxylic acids is 2. The van der Waals surface area contributed by atoms with E-state index in [1.54, 1.807) is 10.9 Å². The fourth-order valence-corrected chi connectivity index (χ4v) is 1.55. The van der Waals surface area contributed by atoms with Gasteiger partial charge in [-0.15, -0.1) is 0 Å². The highest BCUT2D eigenvalue weighted by Gasteiger charge is 2.16. The average Bonchev–Trinajstić information content (AvgIpc) is 2.78. The molecule has 0 spiro atoms. The highest BCUT2D eigenvalue weighted by atomic mass is 32.1. The van der Waals surface area contributed by atoms with Crippen LogP contribution < -0.4 is 10.6 Å². The highest BCUT2D eigenvalue weighted by molar-refractivity contribution is 7.80. The van der Waals surface area contributed by atoms with Gasteiger partial charge in [0.05, 0.1) is 6.54 Å². The molecule has 1 aromatic rings. The Bertz CT molecular complexity index is 366. The first-order chi connectivity index (χ1) is 8.13. The monoisotopic (exact) mass is 256 g/mol. The first-order valence-electron chi connectivity index (χ1n) is 5.26. The maximum Gasteiger partial charge on any atom is 0.243 e. The normalized spacial score (nSPS) is 11.9. The van der Waals surface area contributed by atoms with Crippen molar-refractivity contribution in [1.29, 1.82) is 0 Å². The molecule has 0 aliphatic carbocycles. The smallest absolute Gasteiger partial charge is 0.243 e. The van der Waals surface area contributed by atoms with Crippen LogP contribution in [-0.4, -0.2) is 39.9 Å². The van der Waals surface area contributed by atoms with Gasteiger partial charge >= 0.3 is 0 Å². The minimum absolute atomic E-state index is 0.234. The maximum atomic E-state index is 11.6. The van der Waals surface area contributed by atoms with E-state index in [9.17, 15) is 9.59 Å². The molecule has 6 nitrogen and oxygen atoms in total. The first kappa shape index (κ1) is 13.6. The number of aromatic nitrogens is 2. The van der Waals surface area contributed by atoms with E-state index in [0.717, 1.165) is 0 Å². The summed E-state index contributed by atoms with van der Waals surface area (Å²) in [6.07, 6.45) is 3.49. The third-order valence-electron chi connectivity index (χ3n) is 2.08. The van der Waals surface area contributed by atoms with Gasteiger partial charge in [-0.2, -0.15) is 17.7 Å². The molecule has 1 unspecified atom stereocenters. The zero-order chi connectivity index (χ0) is 12.7. The molecule has 0 aromatic carbocycles. The quantitative estimate of drug-likeness (QED) is 0.597. The molecule has 0 bridgehead atoms. The predicted molar refractivity (Wildman–Crippen MR) is 66.7 cm³/mol. The van der Waals surface area contributed by atoms with Crippen LogP contribution in [0.5, 0.6) is 0 Å². The Morgan fingerprint density at radius 1 is 1.53 bits per heavy atom. The van der Waals surface area contributed by atoms with Gasteiger partial charge in [0.25, 0.3) is 0 Å². The fourth-order valence-electron chi connectivity index (χ4n) is 1.29. The minimum Gasteiger partial charge on any atom is -0.352 e. The Hall–Kier alpha value is -1.50. The summed E-state index contributed by atoms with van der Waals surface area (Å²) >= 11 is 4.02. The summed E-state index contributed by atoms with van der Waals surface area (Å²) in [5.41, 5.74) is 0. The van der Waals surface area contributed by atoms with Crippen LogP contribution in [0, 0.1) is 0 Å². The molecular weight excluding hydrogens is 240 g/mol. The van der Waals surface area contributed by atoms with Gasteiger partial charge in [0.1, 0.15) is 6.04 Å². The van der Waals surface area contributed by atoms with Crippen LogP contribution in [0.15, 0.2) is 18.5 Å². The van der Waals surface area contributed by atoms with E-state index in [0.29, 0.717) is 13.1 Å². The molecule has 94 valence electrons. The molecule has 0 aliphatic rings. The first-order valence-corrected chi connectivity index (χ1v) is 5.90. The van der Waals surface area contributed by atoms with Crippen molar-refractivity contribution in [3.8, 4) is 0 Å². The number of nitrogens with one attached hydrogen (secondary N) is 2. The Morgan fingerprint density at radius 3 is 2.82 bits per heavy atom. The van der Waals surface area contributed by atoms with Gasteiger partial charge in [-0.05, 0) is 6.07 Å². The molecule has 0 aliphatic heterocycles. The lowest BCUT2D eigenvalue weighted by Gasteiger charge is -2.15. The molecule has 2 amide bonds. The average molecular weight is 256 g/mol. The van der Waals surface area contributed by atoms with Crippen molar-refractivity contribution in [3.05, 3.63) is 18.5 Å². The van der Waals surface area contributed by atoms with E-state index in [1.165, 1.54) is 6.92 Å². The van der Waals surface area contributed by atoms with Crippen molar-refractivity contribution in [2.45, 2.75) is 19.5 Å². The molecule has 1 atom stereocenters. The fraction of sp³-hybridized carbons (Fsp3) is 0.500. The number of amides is 2. The Balaban J connectivity index is 2.29. The second kappa shape index (κ2) is 6.95. The summed E-state index contributed by atoms with van der Waals surface area (Å²) in [6, 6.07) is 1.23. The zero-order valence-electron chi connectivity index (χ0n) is 9.59. The molecule has 0 fully saturated rings. The number of nitrogens with zero attached hydrogens (tertiary/aromatic N) is 2. The molecule has 2 N–H and O–H groups in total. The maximum absolute atomic E-state index is 11.6. The van der Waals surface area contributed by atoms with E-state index >= 15 is 0 Å². The van der Waals surface area contributed by atoms with Crippen LogP contribution in [0.25, 0.3) is 0 Å². The molecule has 0 saturated carbocycles. The Morgan fingerprint density at radius 2 is 2.29 bits per heavy atom. The summed E-state index contributed by atoms with van der Waals surface area (Å²) in [5, 5.41) is 9.24. The molecular formula is C10H16N4O2S. The van der Waals surface area contributed by atoms with Gasteiger partial charge in [0, 0.05) is 31.6 Å². The second-order valence-electron chi connectivity index (χ2n) is 3.50. The lowest BCUT2D eigenvalue weighted by atomic mass is 10.3. The molecule has 1 heterocycles. The van der Waals surface area contributed by atoms with Gasteiger partial charge in [-0.1, -0.05) is 0 Å². The van der Waals surface area contributed by atoms with Crippen LogP contribution >= 0.6 is 12.6 Å². The van der Waals surface area contributed by atoms with Crippen molar-refractivity contribution in [2.24, 2.45) is 0 Å². The number of carbonyl (C=O) groups is 2. The van der Waals surface area contributed by atoms with Gasteiger partial charge in [-0.25, -0.2) is 0 Å². The van der Waals surface area contributed by atoms with E-state index in [4.69, 9.17) is 0 Å². The number of rotatable bonds is 6. The van der Waals surface area contributed by atoms with Gasteiger partial charge < -0.3 is 10.6 Å². The van der Waals surface area contributed by atoms with E-state index in [-0.39, 0.29) is 17.6 Å². The van der Waals surface area contributed by atoms with Crippen LogP contribution in [0.2, 0.25) is 0 Å². The highest BCUT2D eigenvalue weighted by Crippen LogP contribution is 1.89. The largest absolute Gasteiger partial charge is 0.352 e. The van der Waals surface area contributed by atoms with Crippen LogP contribution in [0.4, 0.5) is 0 Å². The van der Waals surface area contributed by atoms with Crippen LogP contribution in [0.1, 0.15) is 6.92 Å². The van der Waals surface area contributed by atoms with Crippen molar-refractivity contribution in [3.63, 3.8) is 0 Å². The Labute approximate surface area is 105 Å². The lowest BCUT2D eigenvalue weighted by molar-refractivity contribution is -0.127. The van der Waals surface area contributed by atoms with E-state index < -0.39 is 6.04 Å². The molecule has 1 aromatic heterocycles. The molecule has 0 saturated heterocycles. The Kier molecular flexibility index (Phi) is 5.55. The molecule has 17 heavy (non-hydrogen) atoms. The summed E-state index contributed by atoms with van der Waals surface area (Å²) in [5.74, 6) is -0.207. The molecule has 0 radical (unpaired) electrons. The third kappa shape index (κ3) is 4.90. The standard InChI is InChI=1S/C10H16N4O2S/c1-8(15)13-9(7-17)10(16)11-4-6-14-5-2-3-12-14/h2-3,5,9,17H,4,6-7H2,1H3,(H,11,16)(H,13,15). The van der Waals surface area contributed by atoms with Crippen LogP contribution in [-0.2, 0) is 16.1 Å². The summed E-state index contributed by atoms with van der Waals surface area (Å²) < 4.78 is 1.72. The second-order valence-corrected chi connectivity index (χ2v) is 3.86. The number of hydrogen-bond donors (Lipinski definition) is 3. The number of thiol groups is 1. The summed E-state index contributed by atoms with van der Waals surface area (Å²) in [4.78, 5) is 22.5. The number of hydrogen-bond acceptors (Lipinski definition) is 4. The summed E-state index contributed by atoms with van der Waals surface area (Å²) in [7, 11) is 0. The van der Waals surface area contributed by atoms with Gasteiger partial charge in [0.15, 0.2) is 0 Å². The van der Waals surface area contributed by atoms with Crippen LogP contribution in [0.3, 0.4) is 0 Å². The molecule has 7 heteroatoms. The third-order valence-corrected chi connectivity index (χ3v) is 2.44. The van der Waals surface area contributed by atoms with Crippen molar-refractivity contribution in [2.75, 3.05) is 12.3 Å². The van der Waals surface area contributed by atoms with Gasteiger partial charge in [-0.3, -0.25) is 14.3 Å². The topological polar surface area (TPSA) is 76.0 Å². The minimum atomic E-state index is -0.589.